The molecule has 2 rings (SSSR count). The standard InChI is InChI=1S/C11H13NO2/c1-8-11(14-10(7-13)12-8)9-5-3-2-4-6-9/h2-8,10-12H,1H3/t8-,10?,11?/m1/s1. The Kier molecular flexibility index (Phi) is 2.61. The number of rotatable bonds is 2. The molecular formula is C11H13NO2. The Hall–Kier alpha value is -1.19. The van der Waals surface area contributed by atoms with Crippen molar-refractivity contribution in [3.05, 3.63) is 35.9 Å². The Labute approximate surface area is 83.1 Å². The van der Waals surface area contributed by atoms with Crippen molar-refractivity contribution >= 4 is 6.29 Å². The number of aldehydes is 1. The van der Waals surface area contributed by atoms with Crippen LogP contribution in [0.25, 0.3) is 0 Å². The molecule has 0 spiro atoms. The maximum absolute atomic E-state index is 10.5. The van der Waals surface area contributed by atoms with E-state index in [1.807, 2.05) is 37.3 Å². The van der Waals surface area contributed by atoms with E-state index in [0.717, 1.165) is 11.8 Å². The van der Waals surface area contributed by atoms with E-state index in [9.17, 15) is 4.79 Å². The van der Waals surface area contributed by atoms with Gasteiger partial charge in [-0.2, -0.15) is 0 Å². The third-order valence-corrected chi connectivity index (χ3v) is 2.43. The smallest absolute Gasteiger partial charge is 0.165 e. The predicted molar refractivity (Wildman–Crippen MR) is 52.7 cm³/mol. The lowest BCUT2D eigenvalue weighted by Gasteiger charge is -2.13. The number of ether oxygens (including phenoxy) is 1. The molecular weight excluding hydrogens is 178 g/mol. The third-order valence-electron chi connectivity index (χ3n) is 2.43. The van der Waals surface area contributed by atoms with Crippen LogP contribution in [0, 0.1) is 0 Å². The van der Waals surface area contributed by atoms with Crippen molar-refractivity contribution in [3.63, 3.8) is 0 Å². The monoisotopic (exact) mass is 191 g/mol. The minimum absolute atomic E-state index is 0.0219. The van der Waals surface area contributed by atoms with E-state index in [4.69, 9.17) is 4.74 Å². The van der Waals surface area contributed by atoms with Crippen molar-refractivity contribution < 1.29 is 9.53 Å². The first-order valence-electron chi connectivity index (χ1n) is 4.73. The molecule has 3 atom stereocenters. The van der Waals surface area contributed by atoms with Gasteiger partial charge in [0.25, 0.3) is 0 Å². The zero-order chi connectivity index (χ0) is 9.97. The van der Waals surface area contributed by atoms with Gasteiger partial charge >= 0.3 is 0 Å². The van der Waals surface area contributed by atoms with Crippen molar-refractivity contribution in [2.75, 3.05) is 0 Å². The zero-order valence-electron chi connectivity index (χ0n) is 8.01. The molecule has 14 heavy (non-hydrogen) atoms. The van der Waals surface area contributed by atoms with E-state index in [2.05, 4.69) is 5.32 Å². The molecule has 1 heterocycles. The van der Waals surface area contributed by atoms with Crippen molar-refractivity contribution in [2.45, 2.75) is 25.3 Å². The number of carbonyl (C=O) groups is 1. The third kappa shape index (κ3) is 1.69. The number of benzene rings is 1. The molecule has 0 aliphatic carbocycles. The van der Waals surface area contributed by atoms with Crippen LogP contribution in [0.2, 0.25) is 0 Å². The molecule has 1 aliphatic heterocycles. The van der Waals surface area contributed by atoms with Crippen molar-refractivity contribution in [2.24, 2.45) is 0 Å². The van der Waals surface area contributed by atoms with Crippen LogP contribution in [0.1, 0.15) is 18.6 Å². The lowest BCUT2D eigenvalue weighted by atomic mass is 10.0. The topological polar surface area (TPSA) is 38.3 Å². The molecule has 1 N–H and O–H groups in total. The molecule has 3 heteroatoms. The van der Waals surface area contributed by atoms with Crippen LogP contribution in [0.15, 0.2) is 30.3 Å². The van der Waals surface area contributed by atoms with Gasteiger partial charge in [0.2, 0.25) is 0 Å². The minimum atomic E-state index is -0.463. The van der Waals surface area contributed by atoms with Crippen LogP contribution in [-0.4, -0.2) is 18.6 Å². The second-order valence-electron chi connectivity index (χ2n) is 3.48. The number of hydrogen-bond acceptors (Lipinski definition) is 3. The van der Waals surface area contributed by atoms with Gasteiger partial charge in [0.05, 0.1) is 0 Å². The molecule has 3 nitrogen and oxygen atoms in total. The van der Waals surface area contributed by atoms with Gasteiger partial charge in [-0.05, 0) is 12.5 Å². The van der Waals surface area contributed by atoms with Crippen molar-refractivity contribution in [1.29, 1.82) is 0 Å². The lowest BCUT2D eigenvalue weighted by Crippen LogP contribution is -2.29. The maximum atomic E-state index is 10.5. The Bertz CT molecular complexity index is 312. The van der Waals surface area contributed by atoms with Gasteiger partial charge in [0.1, 0.15) is 6.10 Å². The summed E-state index contributed by atoms with van der Waals surface area (Å²) in [5, 5.41) is 3.06. The average Bonchev–Trinajstić information content (AvgIpc) is 2.61. The highest BCUT2D eigenvalue weighted by molar-refractivity contribution is 5.56. The van der Waals surface area contributed by atoms with Crippen molar-refractivity contribution in [1.82, 2.24) is 5.32 Å². The van der Waals surface area contributed by atoms with Crippen LogP contribution in [0.3, 0.4) is 0 Å². The Morgan fingerprint density at radius 2 is 2.07 bits per heavy atom. The number of carbonyl (C=O) groups excluding carboxylic acids is 1. The summed E-state index contributed by atoms with van der Waals surface area (Å²) in [6, 6.07) is 10.1. The molecule has 74 valence electrons. The Balaban J connectivity index is 2.16. The molecule has 1 aliphatic rings. The van der Waals surface area contributed by atoms with E-state index in [1.165, 1.54) is 0 Å². The van der Waals surface area contributed by atoms with Crippen LogP contribution in [0.5, 0.6) is 0 Å². The van der Waals surface area contributed by atoms with E-state index in [0.29, 0.717) is 0 Å². The summed E-state index contributed by atoms with van der Waals surface area (Å²) in [5.41, 5.74) is 1.11. The van der Waals surface area contributed by atoms with Crippen molar-refractivity contribution in [3.8, 4) is 0 Å². The normalized spacial score (nSPS) is 31.6. The Morgan fingerprint density at radius 3 is 2.64 bits per heavy atom. The summed E-state index contributed by atoms with van der Waals surface area (Å²) in [7, 11) is 0. The molecule has 2 unspecified atom stereocenters. The van der Waals surface area contributed by atoms with Gasteiger partial charge in [0.15, 0.2) is 12.5 Å². The molecule has 1 aromatic rings. The van der Waals surface area contributed by atoms with Gasteiger partial charge in [-0.25, -0.2) is 0 Å². The van der Waals surface area contributed by atoms with E-state index in [-0.39, 0.29) is 12.1 Å². The summed E-state index contributed by atoms with van der Waals surface area (Å²) in [5.74, 6) is 0. The van der Waals surface area contributed by atoms with Gasteiger partial charge < -0.3 is 4.74 Å². The van der Waals surface area contributed by atoms with Crippen LogP contribution in [0.4, 0.5) is 0 Å². The Morgan fingerprint density at radius 1 is 1.36 bits per heavy atom. The largest absolute Gasteiger partial charge is 0.347 e. The van der Waals surface area contributed by atoms with Crippen LogP contribution in [-0.2, 0) is 9.53 Å². The number of hydrogen-bond donors (Lipinski definition) is 1. The highest BCUT2D eigenvalue weighted by atomic mass is 16.5. The first-order valence-corrected chi connectivity index (χ1v) is 4.73. The first kappa shape index (κ1) is 9.37. The highest BCUT2D eigenvalue weighted by Gasteiger charge is 2.31. The van der Waals surface area contributed by atoms with Crippen LogP contribution >= 0.6 is 0 Å². The fourth-order valence-electron chi connectivity index (χ4n) is 1.74. The van der Waals surface area contributed by atoms with Gasteiger partial charge in [0, 0.05) is 6.04 Å². The molecule has 0 aromatic heterocycles. The van der Waals surface area contributed by atoms with Gasteiger partial charge in [-0.1, -0.05) is 30.3 Å². The van der Waals surface area contributed by atoms with E-state index in [1.54, 1.807) is 0 Å². The summed E-state index contributed by atoms with van der Waals surface area (Å²) in [6.07, 6.45) is 0.306. The summed E-state index contributed by atoms with van der Waals surface area (Å²) in [6.45, 7) is 2.02. The first-order chi connectivity index (χ1) is 6.81. The number of nitrogens with one attached hydrogen (secondary N) is 1. The molecule has 0 radical (unpaired) electrons. The lowest BCUT2D eigenvalue weighted by molar-refractivity contribution is -0.118. The highest BCUT2D eigenvalue weighted by Crippen LogP contribution is 2.26. The quantitative estimate of drug-likeness (QED) is 0.715. The molecule has 0 amide bonds. The van der Waals surface area contributed by atoms with Gasteiger partial charge in [-0.15, -0.1) is 0 Å². The average molecular weight is 191 g/mol. The predicted octanol–water partition coefficient (Wildman–Crippen LogP) is 1.26. The van der Waals surface area contributed by atoms with E-state index >= 15 is 0 Å². The molecule has 0 saturated carbocycles. The van der Waals surface area contributed by atoms with E-state index < -0.39 is 6.23 Å². The maximum Gasteiger partial charge on any atom is 0.165 e. The summed E-state index contributed by atoms with van der Waals surface area (Å²) >= 11 is 0. The molecule has 1 fully saturated rings. The summed E-state index contributed by atoms with van der Waals surface area (Å²) < 4.78 is 5.53. The second kappa shape index (κ2) is 3.90. The molecule has 1 aromatic carbocycles. The molecule has 0 bridgehead atoms. The minimum Gasteiger partial charge on any atom is -0.347 e. The second-order valence-corrected chi connectivity index (χ2v) is 3.48. The van der Waals surface area contributed by atoms with Crippen LogP contribution < -0.4 is 5.32 Å². The SMILES string of the molecule is C[C@H]1NC(C=O)OC1c1ccccc1. The summed E-state index contributed by atoms with van der Waals surface area (Å²) in [4.78, 5) is 10.5. The molecule has 1 saturated heterocycles. The van der Waals surface area contributed by atoms with Gasteiger partial charge in [-0.3, -0.25) is 10.1 Å². The fourth-order valence-corrected chi connectivity index (χ4v) is 1.74. The fraction of sp³-hybridized carbons (Fsp3) is 0.364. The zero-order valence-corrected chi connectivity index (χ0v) is 8.01.